The molecule has 0 saturated heterocycles. The number of nitrogens with zero attached hydrogens (tertiary/aromatic N) is 1. The number of amides is 1. The molecule has 0 saturated carbocycles. The molecule has 0 spiro atoms. The first-order valence-electron chi connectivity index (χ1n) is 6.88. The van der Waals surface area contributed by atoms with Crippen molar-refractivity contribution in [1.29, 1.82) is 5.26 Å². The molecule has 5 nitrogen and oxygen atoms in total. The Labute approximate surface area is 148 Å². The number of carbonyl (C=O) groups is 2. The molecule has 122 valence electrons. The summed E-state index contributed by atoms with van der Waals surface area (Å²) in [6.45, 7) is 1.42. The van der Waals surface area contributed by atoms with Crippen molar-refractivity contribution < 1.29 is 14.3 Å². The Bertz CT molecular complexity index is 811. The van der Waals surface area contributed by atoms with Gasteiger partial charge in [0.2, 0.25) is 0 Å². The van der Waals surface area contributed by atoms with Crippen LogP contribution in [0.1, 0.15) is 22.8 Å². The highest BCUT2D eigenvalue weighted by atomic mass is 35.5. The van der Waals surface area contributed by atoms with Crippen molar-refractivity contribution in [3.05, 3.63) is 63.6 Å². The van der Waals surface area contributed by atoms with E-state index >= 15 is 0 Å². The minimum Gasteiger partial charge on any atom is -0.449 e. The zero-order valence-electron chi connectivity index (χ0n) is 12.5. The standard InChI is InChI=1S/C17H12Cl2N2O3/c1-10(16(22)21-15-13(18)6-3-7-14(15)19)24-17(23)12-5-2-4-11(8-12)9-20/h2-8,10H,1H3,(H,21,22)/t10-/m0/s1. The number of carbonyl (C=O) groups excluding carboxylic acids is 2. The van der Waals surface area contributed by atoms with Gasteiger partial charge in [-0.05, 0) is 37.3 Å². The summed E-state index contributed by atoms with van der Waals surface area (Å²) in [6.07, 6.45) is -1.07. The van der Waals surface area contributed by atoms with Crippen LogP contribution in [0.4, 0.5) is 5.69 Å². The minimum absolute atomic E-state index is 0.185. The highest BCUT2D eigenvalue weighted by Gasteiger charge is 2.21. The van der Waals surface area contributed by atoms with Gasteiger partial charge in [-0.3, -0.25) is 4.79 Å². The maximum Gasteiger partial charge on any atom is 0.338 e. The maximum absolute atomic E-state index is 12.1. The normalized spacial score (nSPS) is 11.2. The Hall–Kier alpha value is -2.55. The Balaban J connectivity index is 2.06. The van der Waals surface area contributed by atoms with Gasteiger partial charge in [0.25, 0.3) is 5.91 Å². The predicted molar refractivity (Wildman–Crippen MR) is 91.1 cm³/mol. The van der Waals surface area contributed by atoms with Crippen LogP contribution >= 0.6 is 23.2 Å². The van der Waals surface area contributed by atoms with Gasteiger partial charge >= 0.3 is 5.97 Å². The van der Waals surface area contributed by atoms with Crippen LogP contribution in [-0.4, -0.2) is 18.0 Å². The van der Waals surface area contributed by atoms with Crippen molar-refractivity contribution in [1.82, 2.24) is 0 Å². The van der Waals surface area contributed by atoms with Crippen molar-refractivity contribution >= 4 is 40.8 Å². The molecular formula is C17H12Cl2N2O3. The molecule has 1 N–H and O–H groups in total. The molecule has 0 fully saturated rings. The fraction of sp³-hybridized carbons (Fsp3) is 0.118. The number of hydrogen-bond acceptors (Lipinski definition) is 4. The fourth-order valence-corrected chi connectivity index (χ4v) is 2.33. The second-order valence-electron chi connectivity index (χ2n) is 4.83. The summed E-state index contributed by atoms with van der Waals surface area (Å²) in [5.74, 6) is -1.28. The summed E-state index contributed by atoms with van der Waals surface area (Å²) >= 11 is 12.0. The van der Waals surface area contributed by atoms with E-state index in [9.17, 15) is 9.59 Å². The Morgan fingerprint density at radius 1 is 1.17 bits per heavy atom. The van der Waals surface area contributed by atoms with Gasteiger partial charge < -0.3 is 10.1 Å². The number of rotatable bonds is 4. The molecule has 7 heteroatoms. The van der Waals surface area contributed by atoms with Crippen LogP contribution < -0.4 is 5.32 Å². The van der Waals surface area contributed by atoms with E-state index < -0.39 is 18.0 Å². The number of halogens is 2. The van der Waals surface area contributed by atoms with Gasteiger partial charge in [0, 0.05) is 0 Å². The van der Waals surface area contributed by atoms with E-state index in [1.54, 1.807) is 30.3 Å². The van der Waals surface area contributed by atoms with E-state index in [2.05, 4.69) is 5.32 Å². The van der Waals surface area contributed by atoms with Gasteiger partial charge in [-0.15, -0.1) is 0 Å². The fourth-order valence-electron chi connectivity index (χ4n) is 1.84. The number of anilines is 1. The smallest absolute Gasteiger partial charge is 0.338 e. The number of ether oxygens (including phenoxy) is 1. The van der Waals surface area contributed by atoms with Gasteiger partial charge in [-0.1, -0.05) is 35.3 Å². The van der Waals surface area contributed by atoms with Crippen LogP contribution in [0.15, 0.2) is 42.5 Å². The van der Waals surface area contributed by atoms with Crippen molar-refractivity contribution in [3.63, 3.8) is 0 Å². The molecular weight excluding hydrogens is 351 g/mol. The number of para-hydroxylation sites is 1. The highest BCUT2D eigenvalue weighted by molar-refractivity contribution is 6.39. The molecule has 0 aliphatic heterocycles. The topological polar surface area (TPSA) is 79.2 Å². The number of nitrogens with one attached hydrogen (secondary N) is 1. The summed E-state index contributed by atoms with van der Waals surface area (Å²) in [5, 5.41) is 11.9. The minimum atomic E-state index is -1.07. The molecule has 24 heavy (non-hydrogen) atoms. The molecule has 2 rings (SSSR count). The van der Waals surface area contributed by atoms with Crippen LogP contribution in [0.2, 0.25) is 10.0 Å². The number of benzene rings is 2. The van der Waals surface area contributed by atoms with Crippen molar-refractivity contribution in [3.8, 4) is 6.07 Å². The number of hydrogen-bond donors (Lipinski definition) is 1. The molecule has 0 aliphatic rings. The summed E-state index contributed by atoms with van der Waals surface area (Å²) in [4.78, 5) is 24.2. The first-order valence-corrected chi connectivity index (χ1v) is 7.64. The van der Waals surface area contributed by atoms with Gasteiger partial charge in [-0.25, -0.2) is 4.79 Å². The van der Waals surface area contributed by atoms with Crippen LogP contribution in [0, 0.1) is 11.3 Å². The SMILES string of the molecule is C[C@H](OC(=O)c1cccc(C#N)c1)C(=O)Nc1c(Cl)cccc1Cl. The first kappa shape index (κ1) is 17.8. The van der Waals surface area contributed by atoms with Crippen molar-refractivity contribution in [2.75, 3.05) is 5.32 Å². The summed E-state index contributed by atoms with van der Waals surface area (Å²) in [5.41, 5.74) is 0.758. The molecule has 0 unspecified atom stereocenters. The van der Waals surface area contributed by atoms with E-state index in [0.29, 0.717) is 5.56 Å². The molecule has 2 aromatic carbocycles. The Kier molecular flexibility index (Phi) is 5.80. The zero-order chi connectivity index (χ0) is 17.7. The molecule has 0 aliphatic carbocycles. The quantitative estimate of drug-likeness (QED) is 0.832. The van der Waals surface area contributed by atoms with Crippen LogP contribution in [-0.2, 0) is 9.53 Å². The lowest BCUT2D eigenvalue weighted by atomic mass is 10.1. The monoisotopic (exact) mass is 362 g/mol. The third-order valence-electron chi connectivity index (χ3n) is 3.09. The summed E-state index contributed by atoms with van der Waals surface area (Å²) < 4.78 is 5.10. The van der Waals surface area contributed by atoms with Crippen molar-refractivity contribution in [2.45, 2.75) is 13.0 Å². The molecule has 0 aromatic heterocycles. The molecule has 1 amide bonds. The van der Waals surface area contributed by atoms with Crippen LogP contribution in [0.3, 0.4) is 0 Å². The van der Waals surface area contributed by atoms with Gasteiger partial charge in [0.15, 0.2) is 6.10 Å². The largest absolute Gasteiger partial charge is 0.449 e. The maximum atomic E-state index is 12.1. The second-order valence-corrected chi connectivity index (χ2v) is 5.64. The molecule has 0 heterocycles. The average Bonchev–Trinajstić information content (AvgIpc) is 2.58. The molecule has 0 radical (unpaired) electrons. The molecule has 1 atom stereocenters. The van der Waals surface area contributed by atoms with Gasteiger partial charge in [-0.2, -0.15) is 5.26 Å². The second kappa shape index (κ2) is 7.82. The lowest BCUT2D eigenvalue weighted by molar-refractivity contribution is -0.123. The van der Waals surface area contributed by atoms with Gasteiger partial charge in [0.1, 0.15) is 0 Å². The van der Waals surface area contributed by atoms with Crippen LogP contribution in [0.25, 0.3) is 0 Å². The van der Waals surface area contributed by atoms with Crippen molar-refractivity contribution in [2.24, 2.45) is 0 Å². The van der Waals surface area contributed by atoms with E-state index in [1.165, 1.54) is 19.1 Å². The van der Waals surface area contributed by atoms with Crippen LogP contribution in [0.5, 0.6) is 0 Å². The third-order valence-corrected chi connectivity index (χ3v) is 3.72. The predicted octanol–water partition coefficient (Wildman–Crippen LogP) is 4.05. The Morgan fingerprint density at radius 2 is 1.79 bits per heavy atom. The summed E-state index contributed by atoms with van der Waals surface area (Å²) in [6, 6.07) is 12.7. The van der Waals surface area contributed by atoms with Gasteiger partial charge in [0.05, 0.1) is 32.9 Å². The lowest BCUT2D eigenvalue weighted by Gasteiger charge is -2.15. The van der Waals surface area contributed by atoms with E-state index in [0.717, 1.165) is 0 Å². The zero-order valence-corrected chi connectivity index (χ0v) is 14.1. The van der Waals surface area contributed by atoms with E-state index in [1.807, 2.05) is 6.07 Å². The summed E-state index contributed by atoms with van der Waals surface area (Å²) in [7, 11) is 0. The third kappa shape index (κ3) is 4.25. The Morgan fingerprint density at radius 3 is 2.42 bits per heavy atom. The van der Waals surface area contributed by atoms with E-state index in [4.69, 9.17) is 33.2 Å². The number of nitriles is 1. The molecule has 0 bridgehead atoms. The highest BCUT2D eigenvalue weighted by Crippen LogP contribution is 2.29. The average molecular weight is 363 g/mol. The lowest BCUT2D eigenvalue weighted by Crippen LogP contribution is -2.30. The number of esters is 1. The first-order chi connectivity index (χ1) is 11.4. The molecule has 2 aromatic rings. The van der Waals surface area contributed by atoms with E-state index in [-0.39, 0.29) is 21.3 Å².